The van der Waals surface area contributed by atoms with E-state index in [-0.39, 0.29) is 59.3 Å². The molecule has 186 valence electrons. The van der Waals surface area contributed by atoms with Crippen LogP contribution in [0.15, 0.2) is 12.3 Å². The molecule has 1 N–H and O–H groups in total. The smallest absolute Gasteiger partial charge is 0.309 e. The summed E-state index contributed by atoms with van der Waals surface area (Å²) in [5.41, 5.74) is 1.09. The van der Waals surface area contributed by atoms with Gasteiger partial charge >= 0.3 is 5.97 Å². The number of ether oxygens (including phenoxy) is 1. The van der Waals surface area contributed by atoms with E-state index in [1.807, 2.05) is 0 Å². The van der Waals surface area contributed by atoms with Crippen LogP contribution in [0, 0.1) is 41.9 Å². The molecule has 0 radical (unpaired) electrons. The quantitative estimate of drug-likeness (QED) is 0.398. The average molecular weight is 493 g/mol. The van der Waals surface area contributed by atoms with Gasteiger partial charge in [0.05, 0.1) is 41.4 Å². The highest BCUT2D eigenvalue weighted by Crippen LogP contribution is 2.51. The van der Waals surface area contributed by atoms with Gasteiger partial charge in [-0.1, -0.05) is 0 Å². The van der Waals surface area contributed by atoms with Gasteiger partial charge in [-0.05, 0) is 62.8 Å². The van der Waals surface area contributed by atoms with Crippen LogP contribution in [-0.2, 0) is 16.0 Å². The van der Waals surface area contributed by atoms with Crippen molar-refractivity contribution in [1.82, 2.24) is 25.1 Å². The molecule has 4 aliphatic rings. The number of carbonyl (C=O) groups excluding carboxylic acids is 1. The number of H-pyrrole nitrogens is 1. The van der Waals surface area contributed by atoms with Crippen molar-refractivity contribution in [2.45, 2.75) is 57.4 Å². The maximum atomic E-state index is 15.9. The minimum absolute atomic E-state index is 0.0739. The molecular formula is C26H26F2N6O2. The lowest BCUT2D eigenvalue weighted by molar-refractivity contribution is -0.158. The highest BCUT2D eigenvalue weighted by Gasteiger charge is 2.50. The van der Waals surface area contributed by atoms with Gasteiger partial charge < -0.3 is 9.58 Å². The first-order valence-corrected chi connectivity index (χ1v) is 12.6. The summed E-state index contributed by atoms with van der Waals surface area (Å²) in [6, 6.07) is 0.981. The Morgan fingerprint density at radius 3 is 2.72 bits per heavy atom. The molecule has 0 aliphatic heterocycles. The van der Waals surface area contributed by atoms with Gasteiger partial charge in [0.25, 0.3) is 0 Å². The minimum Gasteiger partial charge on any atom is -0.466 e. The molecule has 0 amide bonds. The second-order valence-corrected chi connectivity index (χ2v) is 10.2. The number of hydrogen-bond donors (Lipinski definition) is 1. The van der Waals surface area contributed by atoms with Gasteiger partial charge in [0, 0.05) is 6.42 Å². The molecule has 4 aliphatic carbocycles. The summed E-state index contributed by atoms with van der Waals surface area (Å²) < 4.78 is 35.3. The van der Waals surface area contributed by atoms with Crippen molar-refractivity contribution in [3.05, 3.63) is 46.7 Å². The van der Waals surface area contributed by atoms with Gasteiger partial charge in [0.15, 0.2) is 17.3 Å². The zero-order chi connectivity index (χ0) is 25.0. The third-order valence-electron chi connectivity index (χ3n) is 8.20. The molecule has 3 aromatic heterocycles. The van der Waals surface area contributed by atoms with Gasteiger partial charge in [0.1, 0.15) is 11.5 Å². The molecule has 2 unspecified atom stereocenters. The number of hydrogen-bond acceptors (Lipinski definition) is 6. The normalized spacial score (nSPS) is 28.7. The predicted molar refractivity (Wildman–Crippen MR) is 125 cm³/mol. The standard InChI is InChI=1S/C26H26F2N6O2/c1-3-36-26(35)20-13-6-4-12(5-7-13)15(20)9-19-21(28)22(16-10-18(16)29-2)32-25(31-19)23-17-8-14(27)11-30-24(17)34-33-23/h8,11-13,15-16,18,20H,3-7,9-10H2,1H3,(H,30,33,34)/t12?,13?,15-,16?,18?,20-/m0/s1. The number of aromatic nitrogens is 5. The van der Waals surface area contributed by atoms with Gasteiger partial charge in [-0.3, -0.25) is 9.89 Å². The number of carbonyl (C=O) groups is 1. The highest BCUT2D eigenvalue weighted by molar-refractivity contribution is 5.88. The maximum Gasteiger partial charge on any atom is 0.309 e. The molecule has 7 rings (SSSR count). The van der Waals surface area contributed by atoms with E-state index in [4.69, 9.17) is 11.3 Å². The van der Waals surface area contributed by atoms with Crippen LogP contribution in [0.2, 0.25) is 0 Å². The largest absolute Gasteiger partial charge is 0.466 e. The Morgan fingerprint density at radius 1 is 1.22 bits per heavy atom. The molecule has 0 spiro atoms. The highest BCUT2D eigenvalue weighted by atomic mass is 19.1. The van der Waals surface area contributed by atoms with E-state index in [0.717, 1.165) is 31.9 Å². The topological polar surface area (TPSA) is 98.0 Å². The van der Waals surface area contributed by atoms with Crippen molar-refractivity contribution in [2.24, 2.45) is 23.7 Å². The second kappa shape index (κ2) is 8.87. The molecule has 4 fully saturated rings. The molecule has 10 heteroatoms. The first-order valence-electron chi connectivity index (χ1n) is 12.6. The molecule has 4 atom stereocenters. The Hall–Kier alpha value is -3.48. The fourth-order valence-electron chi connectivity index (χ4n) is 6.37. The van der Waals surface area contributed by atoms with Crippen molar-refractivity contribution in [2.75, 3.05) is 6.61 Å². The number of pyridine rings is 1. The fourth-order valence-corrected chi connectivity index (χ4v) is 6.37. The predicted octanol–water partition coefficient (Wildman–Crippen LogP) is 4.63. The van der Waals surface area contributed by atoms with Crippen molar-refractivity contribution < 1.29 is 18.3 Å². The fraction of sp³-hybridized carbons (Fsp3) is 0.538. The molecule has 8 nitrogen and oxygen atoms in total. The third-order valence-corrected chi connectivity index (χ3v) is 8.20. The third kappa shape index (κ3) is 3.81. The number of halogens is 2. The van der Waals surface area contributed by atoms with Crippen molar-refractivity contribution in [1.29, 1.82) is 0 Å². The van der Waals surface area contributed by atoms with E-state index >= 15 is 4.39 Å². The van der Waals surface area contributed by atoms with E-state index in [1.54, 1.807) is 6.92 Å². The van der Waals surface area contributed by atoms with Crippen molar-refractivity contribution >= 4 is 17.0 Å². The Kier molecular flexibility index (Phi) is 5.66. The van der Waals surface area contributed by atoms with Gasteiger partial charge in [-0.25, -0.2) is 30.3 Å². The van der Waals surface area contributed by atoms with Crippen LogP contribution in [0.4, 0.5) is 8.78 Å². The lowest BCUT2D eigenvalue weighted by Gasteiger charge is -2.47. The number of aromatic amines is 1. The van der Waals surface area contributed by atoms with Gasteiger partial charge in [-0.15, -0.1) is 0 Å². The Bertz CT molecular complexity index is 1380. The Morgan fingerprint density at radius 2 is 2.00 bits per heavy atom. The van der Waals surface area contributed by atoms with E-state index < -0.39 is 11.6 Å². The molecule has 2 bridgehead atoms. The van der Waals surface area contributed by atoms with Crippen molar-refractivity contribution in [3.8, 4) is 11.5 Å². The number of nitrogens with one attached hydrogen (secondary N) is 1. The van der Waals surface area contributed by atoms with Crippen LogP contribution in [-0.4, -0.2) is 43.8 Å². The molecular weight excluding hydrogens is 466 g/mol. The first kappa shape index (κ1) is 23.0. The van der Waals surface area contributed by atoms with Crippen LogP contribution in [0.5, 0.6) is 0 Å². The summed E-state index contributed by atoms with van der Waals surface area (Å²) in [5.74, 6) is -1.17. The zero-order valence-corrected chi connectivity index (χ0v) is 19.9. The summed E-state index contributed by atoms with van der Waals surface area (Å²) in [7, 11) is 0. The molecule has 0 aromatic carbocycles. The van der Waals surface area contributed by atoms with Crippen LogP contribution in [0.3, 0.4) is 0 Å². The zero-order valence-electron chi connectivity index (χ0n) is 19.9. The molecule has 36 heavy (non-hydrogen) atoms. The maximum absolute atomic E-state index is 15.9. The van der Waals surface area contributed by atoms with Crippen LogP contribution in [0.25, 0.3) is 27.4 Å². The van der Waals surface area contributed by atoms with Crippen LogP contribution in [0.1, 0.15) is 56.3 Å². The van der Waals surface area contributed by atoms with E-state index in [0.29, 0.717) is 35.7 Å². The number of esters is 1. The number of nitrogens with zero attached hydrogens (tertiary/aromatic N) is 5. The summed E-state index contributed by atoms with van der Waals surface area (Å²) in [6.45, 7) is 9.47. The Balaban J connectivity index is 1.43. The van der Waals surface area contributed by atoms with E-state index in [1.165, 1.54) is 6.07 Å². The van der Waals surface area contributed by atoms with Crippen molar-refractivity contribution in [3.63, 3.8) is 0 Å². The van der Waals surface area contributed by atoms with E-state index in [2.05, 4.69) is 30.0 Å². The molecule has 0 saturated heterocycles. The average Bonchev–Trinajstić information content (AvgIpc) is 3.56. The van der Waals surface area contributed by atoms with Gasteiger partial charge in [0.2, 0.25) is 6.04 Å². The second-order valence-electron chi connectivity index (χ2n) is 10.2. The molecule has 4 saturated carbocycles. The van der Waals surface area contributed by atoms with E-state index in [9.17, 15) is 9.18 Å². The SMILES string of the molecule is [C-]#[N+]C1CC1c1nc(-c2[nH]nc3ncc(F)cc23)nc(C[C@H]2C3CCC(CC3)[C@@H]2C(=O)OCC)c1F. The Labute approximate surface area is 206 Å². The number of fused-ring (bicyclic) bond motifs is 4. The van der Waals surface area contributed by atoms with Gasteiger partial charge in [-0.2, -0.15) is 5.10 Å². The lowest BCUT2D eigenvalue weighted by Crippen LogP contribution is -2.45. The summed E-state index contributed by atoms with van der Waals surface area (Å²) in [5, 5.41) is 7.35. The summed E-state index contributed by atoms with van der Waals surface area (Å²) in [6.07, 6.45) is 5.89. The summed E-state index contributed by atoms with van der Waals surface area (Å²) >= 11 is 0. The monoisotopic (exact) mass is 492 g/mol. The first-order chi connectivity index (χ1) is 17.5. The summed E-state index contributed by atoms with van der Waals surface area (Å²) in [4.78, 5) is 29.6. The number of rotatable bonds is 6. The lowest BCUT2D eigenvalue weighted by atomic mass is 9.57. The molecule has 3 aromatic rings. The van der Waals surface area contributed by atoms with Crippen LogP contribution >= 0.6 is 0 Å². The van der Waals surface area contributed by atoms with Crippen LogP contribution < -0.4 is 0 Å². The molecule has 3 heterocycles. The minimum atomic E-state index is -0.529.